The van der Waals surface area contributed by atoms with E-state index >= 15 is 0 Å². The van der Waals surface area contributed by atoms with Crippen molar-refractivity contribution >= 4 is 5.84 Å². The molecular formula is C12H23N3. The molecule has 2 aliphatic rings. The summed E-state index contributed by atoms with van der Waals surface area (Å²) in [5.41, 5.74) is 0. The first kappa shape index (κ1) is 10.9. The quantitative estimate of drug-likeness (QED) is 0.565. The summed E-state index contributed by atoms with van der Waals surface area (Å²) in [5.74, 6) is 1.53. The van der Waals surface area contributed by atoms with E-state index in [9.17, 15) is 0 Å². The molecule has 1 saturated heterocycles. The van der Waals surface area contributed by atoms with Crippen LogP contribution in [0, 0.1) is 11.3 Å². The van der Waals surface area contributed by atoms with Gasteiger partial charge in [-0.2, -0.15) is 0 Å². The molecule has 3 heteroatoms. The smallest absolute Gasteiger partial charge is 0.0990 e. The minimum atomic E-state index is 0.612. The lowest BCUT2D eigenvalue weighted by Gasteiger charge is -2.26. The maximum absolute atomic E-state index is 8.06. The zero-order valence-corrected chi connectivity index (χ0v) is 10.00. The predicted octanol–water partition coefficient (Wildman–Crippen LogP) is 1.79. The Morgan fingerprint density at radius 1 is 1.27 bits per heavy atom. The van der Waals surface area contributed by atoms with E-state index in [1.54, 1.807) is 0 Å². The van der Waals surface area contributed by atoms with Gasteiger partial charge in [0.25, 0.3) is 0 Å². The highest BCUT2D eigenvalue weighted by atomic mass is 15.3. The van der Waals surface area contributed by atoms with Crippen molar-refractivity contribution < 1.29 is 0 Å². The number of hydrogen-bond acceptors (Lipinski definition) is 2. The van der Waals surface area contributed by atoms with E-state index in [1.165, 1.54) is 19.3 Å². The molecule has 0 radical (unpaired) electrons. The van der Waals surface area contributed by atoms with Crippen LogP contribution in [0.3, 0.4) is 0 Å². The molecule has 2 fully saturated rings. The molecule has 1 N–H and O–H groups in total. The van der Waals surface area contributed by atoms with Crippen LogP contribution in [0.25, 0.3) is 0 Å². The Labute approximate surface area is 92.9 Å². The normalized spacial score (nSPS) is 26.3. The zero-order valence-electron chi connectivity index (χ0n) is 10.00. The second-order valence-corrected chi connectivity index (χ2v) is 4.77. The van der Waals surface area contributed by atoms with Gasteiger partial charge in [-0.05, 0) is 32.4 Å². The van der Waals surface area contributed by atoms with Gasteiger partial charge in [0.1, 0.15) is 0 Å². The molecule has 15 heavy (non-hydrogen) atoms. The van der Waals surface area contributed by atoms with Gasteiger partial charge in [0.2, 0.25) is 0 Å². The third-order valence-electron chi connectivity index (χ3n) is 3.80. The molecule has 3 nitrogen and oxygen atoms in total. The van der Waals surface area contributed by atoms with E-state index in [4.69, 9.17) is 5.41 Å². The number of rotatable bonds is 4. The molecule has 1 aliphatic heterocycles. The van der Waals surface area contributed by atoms with Gasteiger partial charge in [0.05, 0.1) is 5.84 Å². The van der Waals surface area contributed by atoms with Crippen molar-refractivity contribution in [1.82, 2.24) is 9.80 Å². The van der Waals surface area contributed by atoms with Crippen LogP contribution < -0.4 is 0 Å². The van der Waals surface area contributed by atoms with Gasteiger partial charge in [-0.1, -0.05) is 13.8 Å². The molecule has 1 saturated carbocycles. The third-order valence-corrected chi connectivity index (χ3v) is 3.80. The molecule has 1 atom stereocenters. The number of hydrogen-bond donors (Lipinski definition) is 1. The highest BCUT2D eigenvalue weighted by Gasteiger charge is 2.34. The monoisotopic (exact) mass is 209 g/mol. The number of amidine groups is 1. The first-order valence-electron chi connectivity index (χ1n) is 6.33. The third kappa shape index (κ3) is 2.33. The van der Waals surface area contributed by atoms with Crippen molar-refractivity contribution in [3.8, 4) is 0 Å². The Balaban J connectivity index is 1.85. The number of nitrogens with zero attached hydrogens (tertiary/aromatic N) is 2. The zero-order chi connectivity index (χ0) is 10.8. The highest BCUT2D eigenvalue weighted by molar-refractivity contribution is 5.84. The molecule has 0 aromatic heterocycles. The lowest BCUT2D eigenvalue weighted by atomic mass is 10.2. The van der Waals surface area contributed by atoms with Crippen molar-refractivity contribution in [2.45, 2.75) is 39.2 Å². The van der Waals surface area contributed by atoms with Gasteiger partial charge < -0.3 is 4.90 Å². The predicted molar refractivity (Wildman–Crippen MR) is 63.3 cm³/mol. The molecule has 1 heterocycles. The maximum Gasteiger partial charge on any atom is 0.0990 e. The van der Waals surface area contributed by atoms with Crippen LogP contribution in [0.4, 0.5) is 0 Å². The Hall–Kier alpha value is -0.570. The summed E-state index contributed by atoms with van der Waals surface area (Å²) < 4.78 is 0. The molecular weight excluding hydrogens is 186 g/mol. The largest absolute Gasteiger partial charge is 0.359 e. The topological polar surface area (TPSA) is 30.3 Å². The van der Waals surface area contributed by atoms with Crippen LogP contribution >= 0.6 is 0 Å². The van der Waals surface area contributed by atoms with Crippen molar-refractivity contribution in [3.63, 3.8) is 0 Å². The number of likely N-dealkylation sites (tertiary alicyclic amines) is 1. The summed E-state index contributed by atoms with van der Waals surface area (Å²) in [5, 5.41) is 8.06. The van der Waals surface area contributed by atoms with Crippen LogP contribution in [-0.2, 0) is 0 Å². The molecule has 2 rings (SSSR count). The average molecular weight is 209 g/mol. The van der Waals surface area contributed by atoms with Crippen molar-refractivity contribution in [2.24, 2.45) is 5.92 Å². The minimum Gasteiger partial charge on any atom is -0.359 e. The second kappa shape index (κ2) is 4.52. The Kier molecular flexibility index (Phi) is 3.29. The van der Waals surface area contributed by atoms with Gasteiger partial charge in [-0.15, -0.1) is 0 Å². The minimum absolute atomic E-state index is 0.612. The van der Waals surface area contributed by atoms with E-state index < -0.39 is 0 Å². The van der Waals surface area contributed by atoms with Crippen molar-refractivity contribution in [3.05, 3.63) is 0 Å². The van der Waals surface area contributed by atoms with Crippen LogP contribution in [0.5, 0.6) is 0 Å². The first-order valence-corrected chi connectivity index (χ1v) is 6.33. The molecule has 86 valence electrons. The summed E-state index contributed by atoms with van der Waals surface area (Å²) in [6.45, 7) is 8.96. The van der Waals surface area contributed by atoms with E-state index in [2.05, 4.69) is 23.6 Å². The molecule has 0 bridgehead atoms. The van der Waals surface area contributed by atoms with Gasteiger partial charge in [-0.25, -0.2) is 0 Å². The lowest BCUT2D eigenvalue weighted by Crippen LogP contribution is -2.38. The summed E-state index contributed by atoms with van der Waals surface area (Å²) in [6, 6.07) is 0.694. The van der Waals surface area contributed by atoms with Gasteiger partial charge in [0.15, 0.2) is 0 Å². The van der Waals surface area contributed by atoms with Crippen LogP contribution in [0.1, 0.15) is 33.1 Å². The lowest BCUT2D eigenvalue weighted by molar-refractivity contribution is 0.223. The standard InChI is InChI=1S/C12H23N3/c1-3-14(4-2)11-7-8-15(9-11)12(13)10-5-6-10/h10-11,13H,3-9H2,1-2H3. The Morgan fingerprint density at radius 2 is 1.93 bits per heavy atom. The van der Waals surface area contributed by atoms with E-state index in [0.29, 0.717) is 12.0 Å². The van der Waals surface area contributed by atoms with Crippen LogP contribution in [0.2, 0.25) is 0 Å². The van der Waals surface area contributed by atoms with Crippen LogP contribution in [-0.4, -0.2) is 47.9 Å². The molecule has 1 unspecified atom stereocenters. The SMILES string of the molecule is CCN(CC)C1CCN(C(=N)C2CC2)C1. The Bertz CT molecular complexity index is 231. The van der Waals surface area contributed by atoms with E-state index in [-0.39, 0.29) is 0 Å². The summed E-state index contributed by atoms with van der Waals surface area (Å²) in [6.07, 6.45) is 3.76. The first-order chi connectivity index (χ1) is 7.26. The van der Waals surface area contributed by atoms with E-state index in [1.807, 2.05) is 0 Å². The summed E-state index contributed by atoms with van der Waals surface area (Å²) >= 11 is 0. The fourth-order valence-electron chi connectivity index (χ4n) is 2.61. The van der Waals surface area contributed by atoms with Gasteiger partial charge in [0, 0.05) is 25.0 Å². The Morgan fingerprint density at radius 3 is 2.47 bits per heavy atom. The fourth-order valence-corrected chi connectivity index (χ4v) is 2.61. The van der Waals surface area contributed by atoms with Crippen molar-refractivity contribution in [2.75, 3.05) is 26.2 Å². The average Bonchev–Trinajstić information content (AvgIpc) is 2.99. The fraction of sp³-hybridized carbons (Fsp3) is 0.917. The van der Waals surface area contributed by atoms with Crippen molar-refractivity contribution in [1.29, 1.82) is 5.41 Å². The maximum atomic E-state index is 8.06. The molecule has 0 aromatic carbocycles. The number of likely N-dealkylation sites (N-methyl/N-ethyl adjacent to an activating group) is 1. The number of nitrogens with one attached hydrogen (secondary N) is 1. The molecule has 0 amide bonds. The van der Waals surface area contributed by atoms with Crippen LogP contribution in [0.15, 0.2) is 0 Å². The molecule has 0 aromatic rings. The highest BCUT2D eigenvalue weighted by Crippen LogP contribution is 2.32. The summed E-state index contributed by atoms with van der Waals surface area (Å²) in [7, 11) is 0. The van der Waals surface area contributed by atoms with Gasteiger partial charge in [-0.3, -0.25) is 10.3 Å². The molecule has 0 spiro atoms. The summed E-state index contributed by atoms with van der Waals surface area (Å²) in [4.78, 5) is 4.83. The van der Waals surface area contributed by atoms with Gasteiger partial charge >= 0.3 is 0 Å². The molecule has 1 aliphatic carbocycles. The van der Waals surface area contributed by atoms with E-state index in [0.717, 1.165) is 32.0 Å². The second-order valence-electron chi connectivity index (χ2n) is 4.77.